The number of benzene rings is 5. The zero-order chi connectivity index (χ0) is 40.0. The minimum atomic E-state index is -1.22. The van der Waals surface area contributed by atoms with Crippen molar-refractivity contribution in [3.05, 3.63) is 168 Å². The molecule has 57 heavy (non-hydrogen) atoms. The van der Waals surface area contributed by atoms with E-state index in [2.05, 4.69) is 121 Å². The minimum Gasteiger partial charge on any atom is -0.461 e. The van der Waals surface area contributed by atoms with Gasteiger partial charge in [-0.05, 0) is 89.9 Å². The summed E-state index contributed by atoms with van der Waals surface area (Å²) in [6, 6.07) is 47.6. The van der Waals surface area contributed by atoms with Gasteiger partial charge in [-0.15, -0.1) is 5.10 Å². The summed E-state index contributed by atoms with van der Waals surface area (Å²) < 4.78 is 7.62. The van der Waals surface area contributed by atoms with Gasteiger partial charge in [0.15, 0.2) is 11.5 Å². The SMILES string of the molecule is CCCCC1(C)NC(C(O)(CC)CC)=C(C(=O)OCC)N1c1ccc(-c2ccccc2-c2nnnn2C(c2ccccc2)(c2ccccc2)c2ccccc2)cc1. The molecule has 0 saturated heterocycles. The molecule has 6 aromatic rings. The molecule has 1 aliphatic heterocycles. The smallest absolute Gasteiger partial charge is 0.356 e. The molecular weight excluding hydrogens is 709 g/mol. The first-order valence-corrected chi connectivity index (χ1v) is 20.1. The van der Waals surface area contributed by atoms with E-state index in [0.717, 1.165) is 58.3 Å². The molecule has 0 fully saturated rings. The van der Waals surface area contributed by atoms with Crippen LogP contribution in [0.5, 0.6) is 0 Å². The van der Waals surface area contributed by atoms with Crippen molar-refractivity contribution < 1.29 is 14.6 Å². The molecule has 1 unspecified atom stereocenters. The Morgan fingerprint density at radius 1 is 0.737 bits per heavy atom. The van der Waals surface area contributed by atoms with Crippen LogP contribution in [0.2, 0.25) is 0 Å². The molecule has 7 rings (SSSR count). The van der Waals surface area contributed by atoms with E-state index in [1.807, 2.05) is 65.9 Å². The summed E-state index contributed by atoms with van der Waals surface area (Å²) in [7, 11) is 0. The van der Waals surface area contributed by atoms with E-state index in [4.69, 9.17) is 15.0 Å². The van der Waals surface area contributed by atoms with Gasteiger partial charge >= 0.3 is 5.97 Å². The number of esters is 1. The lowest BCUT2D eigenvalue weighted by molar-refractivity contribution is -0.138. The number of unbranched alkanes of at least 4 members (excludes halogenated alkanes) is 1. The first-order valence-electron chi connectivity index (χ1n) is 20.1. The number of hydrogen-bond donors (Lipinski definition) is 2. The van der Waals surface area contributed by atoms with E-state index in [1.165, 1.54) is 0 Å². The maximum atomic E-state index is 13.9. The number of aliphatic hydroxyl groups is 1. The fraction of sp³-hybridized carbons (Fsp3) is 0.292. The summed E-state index contributed by atoms with van der Waals surface area (Å²) in [5.74, 6) is 0.151. The first kappa shape index (κ1) is 39.2. The molecule has 0 saturated carbocycles. The van der Waals surface area contributed by atoms with Gasteiger partial charge in [-0.25, -0.2) is 9.48 Å². The van der Waals surface area contributed by atoms with E-state index in [0.29, 0.717) is 30.1 Å². The number of nitrogens with zero attached hydrogens (tertiary/aromatic N) is 5. The van der Waals surface area contributed by atoms with E-state index >= 15 is 0 Å². The molecule has 0 aliphatic carbocycles. The Morgan fingerprint density at radius 3 is 1.77 bits per heavy atom. The summed E-state index contributed by atoms with van der Waals surface area (Å²) in [5.41, 5.74) is 4.71. The van der Waals surface area contributed by atoms with Crippen LogP contribution < -0.4 is 10.2 Å². The Hall–Kier alpha value is -6.06. The number of hydrogen-bond acceptors (Lipinski definition) is 8. The summed E-state index contributed by atoms with van der Waals surface area (Å²) in [6.07, 6.45) is 3.55. The lowest BCUT2D eigenvalue weighted by Crippen LogP contribution is -2.52. The standard InChI is InChI=1S/C48H52N6O3/c1-6-10-34-46(5)49-43(47(56,7-2)8-3)42(45(55)57-9-4)53(46)39-32-30-35(31-33-39)40-28-20-21-29-41(40)44-50-51-52-54(44)48(36-22-14-11-15-23-36,37-24-16-12-17-25-37)38-26-18-13-19-27-38/h11-33,49,56H,6-10,34H2,1-5H3. The van der Waals surface area contributed by atoms with Gasteiger partial charge in [0.25, 0.3) is 0 Å². The van der Waals surface area contributed by atoms with E-state index in [1.54, 1.807) is 6.92 Å². The quantitative estimate of drug-likeness (QED) is 0.0788. The molecule has 1 aromatic heterocycles. The van der Waals surface area contributed by atoms with Crippen molar-refractivity contribution in [2.45, 2.75) is 83.5 Å². The van der Waals surface area contributed by atoms with Crippen LogP contribution in [0.4, 0.5) is 5.69 Å². The average Bonchev–Trinajstić information content (AvgIpc) is 3.88. The fourth-order valence-electron chi connectivity index (χ4n) is 8.39. The van der Waals surface area contributed by atoms with Crippen molar-refractivity contribution >= 4 is 11.7 Å². The third kappa shape index (κ3) is 7.01. The largest absolute Gasteiger partial charge is 0.461 e. The van der Waals surface area contributed by atoms with Gasteiger partial charge in [-0.2, -0.15) is 0 Å². The molecule has 9 heteroatoms. The molecule has 2 N–H and O–H groups in total. The normalized spacial score (nSPS) is 15.8. The maximum absolute atomic E-state index is 13.9. The number of ether oxygens (including phenoxy) is 1. The molecule has 292 valence electrons. The van der Waals surface area contributed by atoms with Crippen molar-refractivity contribution in [1.82, 2.24) is 25.5 Å². The number of rotatable bonds is 15. The Balaban J connectivity index is 1.38. The summed E-state index contributed by atoms with van der Waals surface area (Å²) in [5, 5.41) is 29.4. The second-order valence-electron chi connectivity index (χ2n) is 14.8. The molecule has 0 radical (unpaired) electrons. The molecule has 0 bridgehead atoms. The van der Waals surface area contributed by atoms with Gasteiger partial charge in [0.2, 0.25) is 0 Å². The second kappa shape index (κ2) is 16.6. The third-order valence-electron chi connectivity index (χ3n) is 11.4. The zero-order valence-electron chi connectivity index (χ0n) is 33.5. The van der Waals surface area contributed by atoms with E-state index < -0.39 is 22.8 Å². The lowest BCUT2D eigenvalue weighted by Gasteiger charge is -2.39. The molecule has 5 aromatic carbocycles. The Bertz CT molecular complexity index is 2210. The first-order chi connectivity index (χ1) is 27.8. The Labute approximate surface area is 336 Å². The number of carbonyl (C=O) groups excluding carboxylic acids is 1. The summed E-state index contributed by atoms with van der Waals surface area (Å²) in [6.45, 7) is 10.2. The highest BCUT2D eigenvalue weighted by Crippen LogP contribution is 2.45. The van der Waals surface area contributed by atoms with Crippen LogP contribution in [0, 0.1) is 0 Å². The highest BCUT2D eigenvalue weighted by Gasteiger charge is 2.50. The van der Waals surface area contributed by atoms with Crippen LogP contribution in [0.15, 0.2) is 151 Å². The number of nitrogens with one attached hydrogen (secondary N) is 1. The zero-order valence-corrected chi connectivity index (χ0v) is 33.5. The highest BCUT2D eigenvalue weighted by molar-refractivity contribution is 5.96. The van der Waals surface area contributed by atoms with E-state index in [9.17, 15) is 9.90 Å². The number of anilines is 1. The average molecular weight is 761 g/mol. The van der Waals surface area contributed by atoms with Crippen LogP contribution in [0.1, 0.15) is 83.4 Å². The Kier molecular flexibility index (Phi) is 11.4. The summed E-state index contributed by atoms with van der Waals surface area (Å²) >= 11 is 0. The summed E-state index contributed by atoms with van der Waals surface area (Å²) in [4.78, 5) is 15.9. The highest BCUT2D eigenvalue weighted by atomic mass is 16.5. The molecular formula is C48H52N6O3. The second-order valence-corrected chi connectivity index (χ2v) is 14.8. The lowest BCUT2D eigenvalue weighted by atomic mass is 9.77. The molecule has 0 amide bonds. The van der Waals surface area contributed by atoms with Crippen molar-refractivity contribution in [1.29, 1.82) is 0 Å². The monoisotopic (exact) mass is 760 g/mol. The molecule has 1 aliphatic rings. The van der Waals surface area contributed by atoms with Gasteiger partial charge < -0.3 is 20.1 Å². The van der Waals surface area contributed by atoms with Crippen molar-refractivity contribution in [2.75, 3.05) is 11.5 Å². The van der Waals surface area contributed by atoms with Crippen LogP contribution in [-0.4, -0.2) is 49.2 Å². The van der Waals surface area contributed by atoms with Gasteiger partial charge in [-0.1, -0.05) is 155 Å². The predicted molar refractivity (Wildman–Crippen MR) is 226 cm³/mol. The molecule has 2 heterocycles. The minimum absolute atomic E-state index is 0.223. The van der Waals surface area contributed by atoms with Crippen molar-refractivity contribution in [3.8, 4) is 22.5 Å². The van der Waals surface area contributed by atoms with Crippen LogP contribution >= 0.6 is 0 Å². The van der Waals surface area contributed by atoms with Gasteiger partial charge in [0.1, 0.15) is 16.8 Å². The van der Waals surface area contributed by atoms with Gasteiger partial charge in [0.05, 0.1) is 12.3 Å². The van der Waals surface area contributed by atoms with Gasteiger partial charge in [-0.3, -0.25) is 0 Å². The van der Waals surface area contributed by atoms with Gasteiger partial charge in [0, 0.05) is 11.3 Å². The maximum Gasteiger partial charge on any atom is 0.356 e. The predicted octanol–water partition coefficient (Wildman–Crippen LogP) is 9.49. The van der Waals surface area contributed by atoms with Crippen LogP contribution in [0.25, 0.3) is 22.5 Å². The third-order valence-corrected chi connectivity index (χ3v) is 11.4. The molecule has 9 nitrogen and oxygen atoms in total. The van der Waals surface area contributed by atoms with Crippen molar-refractivity contribution in [3.63, 3.8) is 0 Å². The van der Waals surface area contributed by atoms with Crippen LogP contribution in [0.3, 0.4) is 0 Å². The Morgan fingerprint density at radius 2 is 1.26 bits per heavy atom. The number of tetrazole rings is 1. The number of carbonyl (C=O) groups is 1. The molecule has 0 spiro atoms. The topological polar surface area (TPSA) is 105 Å². The van der Waals surface area contributed by atoms with Crippen LogP contribution in [-0.2, 0) is 15.1 Å². The fourth-order valence-corrected chi connectivity index (χ4v) is 8.39. The number of aromatic nitrogens is 4. The van der Waals surface area contributed by atoms with E-state index in [-0.39, 0.29) is 6.61 Å². The van der Waals surface area contributed by atoms with Crippen molar-refractivity contribution in [2.24, 2.45) is 0 Å². The molecule has 1 atom stereocenters.